The minimum absolute atomic E-state index is 0.0601. The van der Waals surface area contributed by atoms with Crippen molar-refractivity contribution in [2.75, 3.05) is 19.7 Å². The summed E-state index contributed by atoms with van der Waals surface area (Å²) in [6.45, 7) is 5.72. The van der Waals surface area contributed by atoms with Crippen molar-refractivity contribution in [2.45, 2.75) is 45.6 Å². The van der Waals surface area contributed by atoms with Gasteiger partial charge in [0.2, 0.25) is 11.8 Å². The van der Waals surface area contributed by atoms with Gasteiger partial charge < -0.3 is 15.0 Å². The first kappa shape index (κ1) is 20.8. The Kier molecular flexibility index (Phi) is 8.04. The molecule has 2 amide bonds. The minimum Gasteiger partial charge on any atom is -0.491 e. The largest absolute Gasteiger partial charge is 0.491 e. The molecule has 1 aliphatic heterocycles. The fraction of sp³-hybridized carbons (Fsp3) is 0.579. The molecule has 0 aromatic heterocycles. The number of halogens is 2. The molecule has 0 saturated carbocycles. The van der Waals surface area contributed by atoms with Crippen molar-refractivity contribution in [3.8, 4) is 5.75 Å². The van der Waals surface area contributed by atoms with Crippen molar-refractivity contribution in [3.05, 3.63) is 28.2 Å². The van der Waals surface area contributed by atoms with Crippen molar-refractivity contribution in [3.63, 3.8) is 0 Å². The van der Waals surface area contributed by atoms with E-state index in [-0.39, 0.29) is 30.9 Å². The zero-order chi connectivity index (χ0) is 19.1. The number of piperidine rings is 1. The number of carbonyl (C=O) groups excluding carboxylic acids is 2. The lowest BCUT2D eigenvalue weighted by molar-refractivity contribution is -0.133. The van der Waals surface area contributed by atoms with Crippen LogP contribution in [0.15, 0.2) is 18.2 Å². The fourth-order valence-electron chi connectivity index (χ4n) is 2.90. The molecular formula is C19H26Cl2N2O3. The van der Waals surface area contributed by atoms with Crippen molar-refractivity contribution in [1.29, 1.82) is 0 Å². The van der Waals surface area contributed by atoms with Gasteiger partial charge >= 0.3 is 0 Å². The molecule has 1 heterocycles. The highest BCUT2D eigenvalue weighted by molar-refractivity contribution is 6.42. The van der Waals surface area contributed by atoms with Crippen LogP contribution in [0.2, 0.25) is 10.0 Å². The van der Waals surface area contributed by atoms with Gasteiger partial charge in [-0.25, -0.2) is 0 Å². The predicted molar refractivity (Wildman–Crippen MR) is 104 cm³/mol. The SMILES string of the molecule is CC(C)CC(=O)N1CCC(NC(=O)CCOc2cccc(Cl)c2Cl)CC1. The van der Waals surface area contributed by atoms with Crippen LogP contribution >= 0.6 is 23.2 Å². The summed E-state index contributed by atoms with van der Waals surface area (Å²) in [6.07, 6.45) is 2.41. The van der Waals surface area contributed by atoms with Crippen LogP contribution in [0, 0.1) is 5.92 Å². The molecule has 26 heavy (non-hydrogen) atoms. The number of benzene rings is 1. The van der Waals surface area contributed by atoms with Gasteiger partial charge in [0.1, 0.15) is 10.8 Å². The second-order valence-electron chi connectivity index (χ2n) is 6.97. The maximum atomic E-state index is 12.1. The number of hydrogen-bond acceptors (Lipinski definition) is 3. The normalized spacial score (nSPS) is 15.2. The highest BCUT2D eigenvalue weighted by Gasteiger charge is 2.24. The molecule has 0 unspecified atom stereocenters. The van der Waals surface area contributed by atoms with Gasteiger partial charge in [0.25, 0.3) is 0 Å². The van der Waals surface area contributed by atoms with E-state index >= 15 is 0 Å². The number of amides is 2. The fourth-order valence-corrected chi connectivity index (χ4v) is 3.25. The Labute approximate surface area is 165 Å². The van der Waals surface area contributed by atoms with Gasteiger partial charge in [-0.2, -0.15) is 0 Å². The molecule has 5 nitrogen and oxygen atoms in total. The van der Waals surface area contributed by atoms with Gasteiger partial charge in [0, 0.05) is 25.6 Å². The van der Waals surface area contributed by atoms with E-state index in [0.717, 1.165) is 12.8 Å². The van der Waals surface area contributed by atoms with Crippen LogP contribution in [0.5, 0.6) is 5.75 Å². The molecular weight excluding hydrogens is 375 g/mol. The van der Waals surface area contributed by atoms with E-state index in [4.69, 9.17) is 27.9 Å². The third kappa shape index (κ3) is 6.36. The molecule has 1 N–H and O–H groups in total. The average molecular weight is 401 g/mol. The van der Waals surface area contributed by atoms with Crippen LogP contribution < -0.4 is 10.1 Å². The Morgan fingerprint density at radius 3 is 2.62 bits per heavy atom. The van der Waals surface area contributed by atoms with Crippen LogP contribution in [0.4, 0.5) is 0 Å². The zero-order valence-corrected chi connectivity index (χ0v) is 16.8. The topological polar surface area (TPSA) is 58.6 Å². The van der Waals surface area contributed by atoms with Crippen molar-refractivity contribution in [1.82, 2.24) is 10.2 Å². The van der Waals surface area contributed by atoms with Crippen LogP contribution in [0.25, 0.3) is 0 Å². The molecule has 7 heteroatoms. The van der Waals surface area contributed by atoms with Gasteiger partial charge in [0.05, 0.1) is 18.1 Å². The molecule has 1 aromatic rings. The van der Waals surface area contributed by atoms with Gasteiger partial charge in [-0.15, -0.1) is 0 Å². The van der Waals surface area contributed by atoms with Crippen molar-refractivity contribution >= 4 is 35.0 Å². The Morgan fingerprint density at radius 2 is 1.96 bits per heavy atom. The molecule has 1 aliphatic rings. The van der Waals surface area contributed by atoms with Crippen molar-refractivity contribution in [2.24, 2.45) is 5.92 Å². The summed E-state index contributed by atoms with van der Waals surface area (Å²) < 4.78 is 5.53. The number of ether oxygens (including phenoxy) is 1. The highest BCUT2D eigenvalue weighted by Crippen LogP contribution is 2.31. The Hall–Kier alpha value is -1.46. The molecule has 0 bridgehead atoms. The molecule has 1 aromatic carbocycles. The zero-order valence-electron chi connectivity index (χ0n) is 15.3. The van der Waals surface area contributed by atoms with Crippen molar-refractivity contribution < 1.29 is 14.3 Å². The first-order valence-electron chi connectivity index (χ1n) is 9.00. The second-order valence-corrected chi connectivity index (χ2v) is 7.76. The molecule has 1 fully saturated rings. The monoisotopic (exact) mass is 400 g/mol. The lowest BCUT2D eigenvalue weighted by atomic mass is 10.0. The average Bonchev–Trinajstić information content (AvgIpc) is 2.58. The number of nitrogens with one attached hydrogen (secondary N) is 1. The van der Waals surface area contributed by atoms with Gasteiger partial charge in [-0.1, -0.05) is 43.1 Å². The minimum atomic E-state index is -0.0601. The smallest absolute Gasteiger partial charge is 0.223 e. The lowest BCUT2D eigenvalue weighted by Gasteiger charge is -2.32. The summed E-state index contributed by atoms with van der Waals surface area (Å²) >= 11 is 12.0. The quantitative estimate of drug-likeness (QED) is 0.754. The Bertz CT molecular complexity index is 629. The number of carbonyl (C=O) groups is 2. The van der Waals surface area contributed by atoms with E-state index in [9.17, 15) is 9.59 Å². The van der Waals surface area contributed by atoms with Crippen LogP contribution in [-0.2, 0) is 9.59 Å². The number of rotatable bonds is 7. The van der Waals surface area contributed by atoms with Gasteiger partial charge in [0.15, 0.2) is 0 Å². The van der Waals surface area contributed by atoms with E-state index < -0.39 is 0 Å². The molecule has 2 rings (SSSR count). The van der Waals surface area contributed by atoms with Crippen LogP contribution in [0.3, 0.4) is 0 Å². The predicted octanol–water partition coefficient (Wildman–Crippen LogP) is 3.92. The first-order valence-corrected chi connectivity index (χ1v) is 9.76. The lowest BCUT2D eigenvalue weighted by Crippen LogP contribution is -2.46. The van der Waals surface area contributed by atoms with E-state index in [2.05, 4.69) is 5.32 Å². The molecule has 144 valence electrons. The summed E-state index contributed by atoms with van der Waals surface area (Å²) in [7, 11) is 0. The van der Waals surface area contributed by atoms with Crippen LogP contribution in [-0.4, -0.2) is 42.5 Å². The summed E-state index contributed by atoms with van der Waals surface area (Å²) in [5.41, 5.74) is 0. The molecule has 0 spiro atoms. The second kappa shape index (κ2) is 10.0. The van der Waals surface area contributed by atoms with E-state index in [1.54, 1.807) is 18.2 Å². The third-order valence-corrected chi connectivity index (χ3v) is 5.10. The summed E-state index contributed by atoms with van der Waals surface area (Å²) in [5.74, 6) is 0.989. The van der Waals surface area contributed by atoms with E-state index in [1.165, 1.54) is 0 Å². The van der Waals surface area contributed by atoms with Gasteiger partial charge in [-0.3, -0.25) is 9.59 Å². The Balaban J connectivity index is 1.68. The Morgan fingerprint density at radius 1 is 1.27 bits per heavy atom. The first-order chi connectivity index (χ1) is 12.4. The molecule has 0 radical (unpaired) electrons. The number of likely N-dealkylation sites (tertiary alicyclic amines) is 1. The van der Waals surface area contributed by atoms with E-state index in [0.29, 0.717) is 41.2 Å². The maximum absolute atomic E-state index is 12.1. The molecule has 0 aliphatic carbocycles. The number of nitrogens with zero attached hydrogens (tertiary/aromatic N) is 1. The highest BCUT2D eigenvalue weighted by atomic mass is 35.5. The van der Waals surface area contributed by atoms with E-state index in [1.807, 2.05) is 18.7 Å². The van der Waals surface area contributed by atoms with Crippen LogP contribution in [0.1, 0.15) is 39.5 Å². The summed E-state index contributed by atoms with van der Waals surface area (Å²) in [5, 5.41) is 3.79. The number of hydrogen-bond donors (Lipinski definition) is 1. The molecule has 0 atom stereocenters. The maximum Gasteiger partial charge on any atom is 0.223 e. The third-order valence-electron chi connectivity index (χ3n) is 4.30. The summed E-state index contributed by atoms with van der Waals surface area (Å²) in [6, 6.07) is 5.26. The summed E-state index contributed by atoms with van der Waals surface area (Å²) in [4.78, 5) is 26.0. The molecule has 1 saturated heterocycles. The standard InChI is InChI=1S/C19H26Cl2N2O3/c1-13(2)12-18(25)23-9-6-14(7-10-23)22-17(24)8-11-26-16-5-3-4-15(20)19(16)21/h3-5,13-14H,6-12H2,1-2H3,(H,22,24). The van der Waals surface area contributed by atoms with Gasteiger partial charge in [-0.05, 0) is 30.9 Å².